The van der Waals surface area contributed by atoms with Crippen LogP contribution in [0, 0.1) is 0 Å². The Labute approximate surface area is 153 Å². The molecule has 0 fully saturated rings. The number of carbonyl (C=O) groups excluding carboxylic acids is 2. The molecule has 0 unspecified atom stereocenters. The van der Waals surface area contributed by atoms with Crippen molar-refractivity contribution in [2.24, 2.45) is 5.10 Å². The number of benzene rings is 2. The Bertz CT molecular complexity index is 882. The number of aromatic carboxylic acids is 1. The van der Waals surface area contributed by atoms with E-state index in [1.54, 1.807) is 18.2 Å². The minimum Gasteiger partial charge on any atom is -0.495 e. The lowest BCUT2D eigenvalue weighted by Crippen LogP contribution is -2.32. The third-order valence-electron chi connectivity index (χ3n) is 3.18. The third kappa shape index (κ3) is 4.81. The predicted molar refractivity (Wildman–Crippen MR) is 95.8 cm³/mol. The highest BCUT2D eigenvalue weighted by Gasteiger charge is 2.16. The molecule has 0 atom stereocenters. The van der Waals surface area contributed by atoms with Gasteiger partial charge in [-0.15, -0.1) is 0 Å². The number of halogens is 1. The van der Waals surface area contributed by atoms with E-state index in [1.807, 2.05) is 5.43 Å². The van der Waals surface area contributed by atoms with Crippen LogP contribution in [0.1, 0.15) is 15.9 Å². The highest BCUT2D eigenvalue weighted by Crippen LogP contribution is 2.27. The number of hydrogen-bond donors (Lipinski definition) is 3. The zero-order chi connectivity index (χ0) is 19.1. The summed E-state index contributed by atoms with van der Waals surface area (Å²) in [6.45, 7) is 0. The minimum absolute atomic E-state index is 0.0126. The molecule has 0 aromatic heterocycles. The number of methoxy groups -OCH3 is 1. The van der Waals surface area contributed by atoms with Gasteiger partial charge in [0, 0.05) is 10.6 Å². The summed E-state index contributed by atoms with van der Waals surface area (Å²) < 4.78 is 5.07. The lowest BCUT2D eigenvalue weighted by Gasteiger charge is -2.09. The first-order valence-corrected chi connectivity index (χ1v) is 7.60. The van der Waals surface area contributed by atoms with Crippen molar-refractivity contribution in [2.75, 3.05) is 12.4 Å². The quantitative estimate of drug-likeness (QED) is 0.420. The number of hydrazone groups is 1. The molecule has 0 aliphatic heterocycles. The maximum absolute atomic E-state index is 11.9. The summed E-state index contributed by atoms with van der Waals surface area (Å²) >= 11 is 5.85. The van der Waals surface area contributed by atoms with Crippen LogP contribution in [-0.4, -0.2) is 36.2 Å². The van der Waals surface area contributed by atoms with E-state index in [4.69, 9.17) is 21.4 Å². The summed E-state index contributed by atoms with van der Waals surface area (Å²) in [6.07, 6.45) is 1.13. The van der Waals surface area contributed by atoms with E-state index in [0.717, 1.165) is 6.21 Å². The molecule has 2 amide bonds. The zero-order valence-corrected chi connectivity index (χ0v) is 14.3. The highest BCUT2D eigenvalue weighted by atomic mass is 35.5. The molecule has 134 valence electrons. The molecule has 0 aliphatic rings. The monoisotopic (exact) mass is 375 g/mol. The minimum atomic E-state index is -1.14. The van der Waals surface area contributed by atoms with Crippen LogP contribution in [0.15, 0.2) is 47.6 Å². The molecule has 8 nitrogen and oxygen atoms in total. The Balaban J connectivity index is 2.03. The summed E-state index contributed by atoms with van der Waals surface area (Å²) in [5.41, 5.74) is 2.53. The number of ether oxygens (including phenoxy) is 1. The molecule has 0 saturated heterocycles. The average molecular weight is 376 g/mol. The SMILES string of the molecule is COc1ccc(Cl)cc1NC(=O)C(=O)N/N=C/c1ccccc1C(=O)O. The number of carboxylic acids is 1. The van der Waals surface area contributed by atoms with Crippen molar-refractivity contribution in [3.05, 3.63) is 58.6 Å². The Morgan fingerprint density at radius 1 is 1.15 bits per heavy atom. The van der Waals surface area contributed by atoms with Crippen LogP contribution >= 0.6 is 11.6 Å². The van der Waals surface area contributed by atoms with Gasteiger partial charge in [-0.1, -0.05) is 29.8 Å². The molecule has 9 heteroatoms. The number of carbonyl (C=O) groups is 3. The van der Waals surface area contributed by atoms with Crippen molar-refractivity contribution in [2.45, 2.75) is 0 Å². The molecule has 0 spiro atoms. The highest BCUT2D eigenvalue weighted by molar-refractivity contribution is 6.40. The van der Waals surface area contributed by atoms with Gasteiger partial charge in [0.05, 0.1) is 24.6 Å². The first kappa shape index (κ1) is 18.9. The fourth-order valence-electron chi connectivity index (χ4n) is 1.97. The second-order valence-corrected chi connectivity index (χ2v) is 5.33. The number of anilines is 1. The van der Waals surface area contributed by atoms with E-state index in [-0.39, 0.29) is 16.8 Å². The summed E-state index contributed by atoms with van der Waals surface area (Å²) in [5.74, 6) is -2.84. The molecule has 2 aromatic rings. The molecular formula is C17H14ClN3O5. The van der Waals surface area contributed by atoms with Crippen LogP contribution in [0.5, 0.6) is 5.75 Å². The average Bonchev–Trinajstić information content (AvgIpc) is 2.62. The summed E-state index contributed by atoms with van der Waals surface area (Å²) in [7, 11) is 1.41. The number of carboxylic acid groups (broad SMARTS) is 1. The van der Waals surface area contributed by atoms with Crippen molar-refractivity contribution in [3.63, 3.8) is 0 Å². The normalized spacial score (nSPS) is 10.4. The molecule has 0 aliphatic carbocycles. The zero-order valence-electron chi connectivity index (χ0n) is 13.5. The van der Waals surface area contributed by atoms with E-state index < -0.39 is 17.8 Å². The second-order valence-electron chi connectivity index (χ2n) is 4.89. The standard InChI is InChI=1S/C17H14ClN3O5/c1-26-14-7-6-11(18)8-13(14)20-15(22)16(23)21-19-9-10-4-2-3-5-12(10)17(24)25/h2-9H,1H3,(H,20,22)(H,21,23)(H,24,25)/b19-9+. The van der Waals surface area contributed by atoms with Gasteiger partial charge in [0.2, 0.25) is 0 Å². The number of nitrogens with one attached hydrogen (secondary N) is 2. The van der Waals surface area contributed by atoms with E-state index >= 15 is 0 Å². The first-order valence-electron chi connectivity index (χ1n) is 7.22. The van der Waals surface area contributed by atoms with Crippen molar-refractivity contribution in [1.82, 2.24) is 5.43 Å². The molecular weight excluding hydrogens is 362 g/mol. The van der Waals surface area contributed by atoms with Gasteiger partial charge in [-0.25, -0.2) is 10.2 Å². The topological polar surface area (TPSA) is 117 Å². The van der Waals surface area contributed by atoms with Crippen LogP contribution in [0.2, 0.25) is 5.02 Å². The molecule has 26 heavy (non-hydrogen) atoms. The van der Waals surface area contributed by atoms with Gasteiger partial charge in [-0.05, 0) is 24.3 Å². The van der Waals surface area contributed by atoms with Crippen molar-refractivity contribution >= 4 is 41.3 Å². The number of hydrogen-bond acceptors (Lipinski definition) is 5. The van der Waals surface area contributed by atoms with Gasteiger partial charge < -0.3 is 15.2 Å². The maximum atomic E-state index is 11.9. The van der Waals surface area contributed by atoms with E-state index in [1.165, 1.54) is 31.4 Å². The van der Waals surface area contributed by atoms with Gasteiger partial charge in [0.15, 0.2) is 0 Å². The third-order valence-corrected chi connectivity index (χ3v) is 3.41. The van der Waals surface area contributed by atoms with Crippen LogP contribution in [0.25, 0.3) is 0 Å². The lowest BCUT2D eigenvalue weighted by molar-refractivity contribution is -0.136. The fourth-order valence-corrected chi connectivity index (χ4v) is 2.14. The fraction of sp³-hybridized carbons (Fsp3) is 0.0588. The van der Waals surface area contributed by atoms with Gasteiger partial charge in [-0.3, -0.25) is 9.59 Å². The molecule has 0 saturated carbocycles. The number of rotatable bonds is 5. The summed E-state index contributed by atoms with van der Waals surface area (Å²) in [5, 5.41) is 15.4. The molecule has 0 radical (unpaired) electrons. The molecule has 0 bridgehead atoms. The number of nitrogens with zero attached hydrogens (tertiary/aromatic N) is 1. The van der Waals surface area contributed by atoms with Gasteiger partial charge >= 0.3 is 17.8 Å². The summed E-state index contributed by atoms with van der Waals surface area (Å²) in [6, 6.07) is 10.6. The van der Waals surface area contributed by atoms with E-state index in [9.17, 15) is 14.4 Å². The van der Waals surface area contributed by atoms with Gasteiger partial charge in [0.25, 0.3) is 0 Å². The van der Waals surface area contributed by atoms with Gasteiger partial charge in [-0.2, -0.15) is 5.10 Å². The second kappa shape index (κ2) is 8.63. The molecule has 3 N–H and O–H groups in total. The maximum Gasteiger partial charge on any atom is 0.336 e. The Kier molecular flexibility index (Phi) is 6.29. The first-order chi connectivity index (χ1) is 12.4. The van der Waals surface area contributed by atoms with Crippen molar-refractivity contribution in [3.8, 4) is 5.75 Å². The lowest BCUT2D eigenvalue weighted by atomic mass is 10.1. The smallest absolute Gasteiger partial charge is 0.336 e. The van der Waals surface area contributed by atoms with Crippen LogP contribution in [-0.2, 0) is 9.59 Å². The van der Waals surface area contributed by atoms with Crippen LogP contribution < -0.4 is 15.5 Å². The largest absolute Gasteiger partial charge is 0.495 e. The van der Waals surface area contributed by atoms with E-state index in [0.29, 0.717) is 10.8 Å². The Morgan fingerprint density at radius 2 is 1.88 bits per heavy atom. The van der Waals surface area contributed by atoms with Crippen molar-refractivity contribution in [1.29, 1.82) is 0 Å². The summed E-state index contributed by atoms with van der Waals surface area (Å²) in [4.78, 5) is 34.8. The van der Waals surface area contributed by atoms with E-state index in [2.05, 4.69) is 10.4 Å². The molecule has 0 heterocycles. The predicted octanol–water partition coefficient (Wildman–Crippen LogP) is 2.14. The molecule has 2 aromatic carbocycles. The Morgan fingerprint density at radius 3 is 2.58 bits per heavy atom. The molecule has 2 rings (SSSR count). The van der Waals surface area contributed by atoms with Crippen molar-refractivity contribution < 1.29 is 24.2 Å². The van der Waals surface area contributed by atoms with Crippen LogP contribution in [0.3, 0.4) is 0 Å². The number of amides is 2. The van der Waals surface area contributed by atoms with Crippen LogP contribution in [0.4, 0.5) is 5.69 Å². The Hall–Kier alpha value is -3.39. The van der Waals surface area contributed by atoms with Gasteiger partial charge in [0.1, 0.15) is 5.75 Å².